The summed E-state index contributed by atoms with van der Waals surface area (Å²) in [4.78, 5) is 4.61. The highest BCUT2D eigenvalue weighted by Crippen LogP contribution is 2.36. The zero-order valence-electron chi connectivity index (χ0n) is 11.1. The fourth-order valence-electron chi connectivity index (χ4n) is 2.23. The summed E-state index contributed by atoms with van der Waals surface area (Å²) in [7, 11) is 2.14. The molecular weight excluding hydrogens is 291 g/mol. The number of likely N-dealkylation sites (N-methyl/N-ethyl adjacent to an activating group) is 1. The Hall–Kier alpha value is 0.637. The summed E-state index contributed by atoms with van der Waals surface area (Å²) in [6.45, 7) is 4.79. The van der Waals surface area contributed by atoms with Crippen molar-refractivity contribution < 1.29 is 9.16 Å². The molecule has 2 aliphatic heterocycles. The minimum atomic E-state index is -2.63. The first-order valence-corrected chi connectivity index (χ1v) is 10.6. The number of halogens is 2. The van der Waals surface area contributed by atoms with Gasteiger partial charge in [-0.05, 0) is 13.5 Å². The number of nitrogens with zero attached hydrogens (tertiary/aromatic N) is 2. The van der Waals surface area contributed by atoms with Crippen molar-refractivity contribution in [2.24, 2.45) is 0 Å². The quantitative estimate of drug-likeness (QED) is 0.544. The van der Waals surface area contributed by atoms with E-state index in [1.54, 1.807) is 0 Å². The van der Waals surface area contributed by atoms with E-state index in [1.807, 2.05) is 0 Å². The molecule has 7 heteroatoms. The lowest BCUT2D eigenvalue weighted by molar-refractivity contribution is -0.0659. The van der Waals surface area contributed by atoms with Gasteiger partial charge in [0.1, 0.15) is 6.23 Å². The van der Waals surface area contributed by atoms with Crippen LogP contribution in [-0.2, 0) is 9.16 Å². The first kappa shape index (κ1) is 15.0. The second-order valence-corrected chi connectivity index (χ2v) is 11.5. The fraction of sp³-hybridized carbons (Fsp3) is 1.00. The Labute approximate surface area is 120 Å². The van der Waals surface area contributed by atoms with Gasteiger partial charge in [0.2, 0.25) is 0 Å². The molecule has 2 heterocycles. The van der Waals surface area contributed by atoms with Crippen LogP contribution in [0.1, 0.15) is 13.3 Å². The molecule has 106 valence electrons. The minimum absolute atomic E-state index is 0.0804. The third-order valence-corrected chi connectivity index (χ3v) is 8.56. The average molecular weight is 313 g/mol. The van der Waals surface area contributed by atoms with Crippen molar-refractivity contribution in [3.05, 3.63) is 0 Å². The molecule has 0 amide bonds. The normalized spacial score (nSPS) is 36.0. The van der Waals surface area contributed by atoms with E-state index in [9.17, 15) is 0 Å². The van der Waals surface area contributed by atoms with E-state index >= 15 is 0 Å². The molecule has 0 aromatic rings. The Morgan fingerprint density at radius 2 is 1.83 bits per heavy atom. The van der Waals surface area contributed by atoms with Gasteiger partial charge in [0.25, 0.3) is 0 Å². The molecular formula is C11H22Cl2N2O2Si. The maximum atomic E-state index is 6.43. The largest absolute Gasteiger partial charge is 0.393 e. The van der Waals surface area contributed by atoms with E-state index in [2.05, 4.69) is 23.8 Å². The zero-order chi connectivity index (χ0) is 13.2. The van der Waals surface area contributed by atoms with Gasteiger partial charge in [0, 0.05) is 38.3 Å². The van der Waals surface area contributed by atoms with E-state index in [0.717, 1.165) is 39.2 Å². The summed E-state index contributed by atoms with van der Waals surface area (Å²) in [5.41, 5.74) is 0.205. The van der Waals surface area contributed by atoms with E-state index in [1.165, 1.54) is 0 Å². The van der Waals surface area contributed by atoms with Gasteiger partial charge in [-0.15, -0.1) is 22.2 Å². The van der Waals surface area contributed by atoms with Crippen molar-refractivity contribution in [3.63, 3.8) is 0 Å². The highest BCUT2D eigenvalue weighted by atomic mass is 35.7. The SMILES string of the molecule is CC1CCOCC(N2CCN(C)CC2)O[Si]1(Cl)Cl. The molecule has 0 radical (unpaired) electrons. The van der Waals surface area contributed by atoms with Gasteiger partial charge in [0.05, 0.1) is 6.61 Å². The summed E-state index contributed by atoms with van der Waals surface area (Å²) in [6, 6.07) is 0. The molecule has 2 atom stereocenters. The summed E-state index contributed by atoms with van der Waals surface area (Å²) in [5.74, 6) is 0. The predicted octanol–water partition coefficient (Wildman–Crippen LogP) is 1.80. The Morgan fingerprint density at radius 1 is 1.17 bits per heavy atom. The van der Waals surface area contributed by atoms with Crippen LogP contribution in [0.3, 0.4) is 0 Å². The minimum Gasteiger partial charge on any atom is -0.377 e. The molecule has 2 unspecified atom stereocenters. The Balaban J connectivity index is 1.97. The van der Waals surface area contributed by atoms with Crippen LogP contribution in [0.2, 0.25) is 5.54 Å². The van der Waals surface area contributed by atoms with E-state index in [0.29, 0.717) is 6.61 Å². The van der Waals surface area contributed by atoms with Gasteiger partial charge in [-0.1, -0.05) is 6.92 Å². The molecule has 0 aromatic carbocycles. The Bertz CT molecular complexity index is 276. The van der Waals surface area contributed by atoms with Gasteiger partial charge in [0.15, 0.2) is 0 Å². The van der Waals surface area contributed by atoms with E-state index < -0.39 is 6.94 Å². The maximum Gasteiger partial charge on any atom is 0.393 e. The van der Waals surface area contributed by atoms with Crippen LogP contribution < -0.4 is 0 Å². The van der Waals surface area contributed by atoms with Crippen LogP contribution in [-0.4, -0.2) is 69.4 Å². The summed E-state index contributed by atoms with van der Waals surface area (Å²) >= 11 is 12.9. The zero-order valence-corrected chi connectivity index (χ0v) is 13.6. The van der Waals surface area contributed by atoms with Crippen molar-refractivity contribution in [2.75, 3.05) is 46.4 Å². The number of ether oxygens (including phenoxy) is 1. The standard InChI is InChI=1S/C11H22Cl2N2O2Si/c1-10-3-8-16-9-11(17-18(10,12)13)15-6-4-14(2)5-7-15/h10-11H,3-9H2,1-2H3. The molecule has 4 nitrogen and oxygen atoms in total. The Morgan fingerprint density at radius 3 is 2.50 bits per heavy atom. The highest BCUT2D eigenvalue weighted by molar-refractivity contribution is 7.42. The van der Waals surface area contributed by atoms with Crippen molar-refractivity contribution in [3.8, 4) is 0 Å². The topological polar surface area (TPSA) is 24.9 Å². The first-order chi connectivity index (χ1) is 8.49. The van der Waals surface area contributed by atoms with Crippen LogP contribution in [0.5, 0.6) is 0 Å². The van der Waals surface area contributed by atoms with Crippen molar-refractivity contribution in [1.29, 1.82) is 0 Å². The van der Waals surface area contributed by atoms with Gasteiger partial charge in [-0.3, -0.25) is 4.90 Å². The lowest BCUT2D eigenvalue weighted by Crippen LogP contribution is -2.54. The van der Waals surface area contributed by atoms with Crippen molar-refractivity contribution in [1.82, 2.24) is 9.80 Å². The summed E-state index contributed by atoms with van der Waals surface area (Å²) in [5, 5.41) is 0. The van der Waals surface area contributed by atoms with Crippen LogP contribution in [0.4, 0.5) is 0 Å². The second kappa shape index (κ2) is 6.39. The molecule has 18 heavy (non-hydrogen) atoms. The van der Waals surface area contributed by atoms with Gasteiger partial charge < -0.3 is 14.1 Å². The second-order valence-electron chi connectivity index (χ2n) is 5.24. The molecule has 0 aromatic heterocycles. The molecule has 0 spiro atoms. The Kier molecular flexibility index (Phi) is 5.34. The lowest BCUT2D eigenvalue weighted by atomic mass is 10.3. The molecule has 2 fully saturated rings. The molecule has 0 saturated carbocycles. The number of hydrogen-bond acceptors (Lipinski definition) is 4. The average Bonchev–Trinajstić information content (AvgIpc) is 2.32. The van der Waals surface area contributed by atoms with Crippen LogP contribution in [0.15, 0.2) is 0 Å². The molecule has 2 rings (SSSR count). The predicted molar refractivity (Wildman–Crippen MR) is 76.3 cm³/mol. The summed E-state index contributed by atoms with van der Waals surface area (Å²) < 4.78 is 11.7. The van der Waals surface area contributed by atoms with Gasteiger partial charge >= 0.3 is 6.94 Å². The lowest BCUT2D eigenvalue weighted by Gasteiger charge is -2.41. The van der Waals surface area contributed by atoms with Crippen molar-refractivity contribution >= 4 is 29.1 Å². The number of rotatable bonds is 1. The molecule has 0 aliphatic carbocycles. The third-order valence-electron chi connectivity index (χ3n) is 3.77. The number of piperazine rings is 1. The third kappa shape index (κ3) is 3.82. The molecule has 2 saturated heterocycles. The first-order valence-electron chi connectivity index (χ1n) is 6.55. The van der Waals surface area contributed by atoms with Crippen molar-refractivity contribution in [2.45, 2.75) is 25.1 Å². The van der Waals surface area contributed by atoms with E-state index in [4.69, 9.17) is 31.3 Å². The summed E-state index contributed by atoms with van der Waals surface area (Å²) in [6.07, 6.45) is 0.803. The van der Waals surface area contributed by atoms with Gasteiger partial charge in [-0.25, -0.2) is 0 Å². The van der Waals surface area contributed by atoms with Crippen LogP contribution in [0, 0.1) is 0 Å². The van der Waals surface area contributed by atoms with Crippen LogP contribution >= 0.6 is 22.2 Å². The van der Waals surface area contributed by atoms with E-state index in [-0.39, 0.29) is 11.8 Å². The number of hydrogen-bond donors (Lipinski definition) is 0. The molecule has 2 aliphatic rings. The monoisotopic (exact) mass is 312 g/mol. The van der Waals surface area contributed by atoms with Crippen LogP contribution in [0.25, 0.3) is 0 Å². The maximum absolute atomic E-state index is 6.43. The van der Waals surface area contributed by atoms with Gasteiger partial charge in [-0.2, -0.15) is 0 Å². The highest BCUT2D eigenvalue weighted by Gasteiger charge is 2.43. The smallest absolute Gasteiger partial charge is 0.377 e. The molecule has 0 bridgehead atoms. The molecule has 0 N–H and O–H groups in total. The fourth-order valence-corrected chi connectivity index (χ4v) is 4.77.